The van der Waals surface area contributed by atoms with E-state index in [0.29, 0.717) is 6.61 Å². The Hall–Kier alpha value is -0.410. The van der Waals surface area contributed by atoms with E-state index in [1.54, 1.807) is 7.11 Å². The fourth-order valence-electron chi connectivity index (χ4n) is 1.61. The van der Waals surface area contributed by atoms with Crippen molar-refractivity contribution in [2.75, 3.05) is 33.9 Å². The molecule has 0 aromatic rings. The van der Waals surface area contributed by atoms with Gasteiger partial charge in [0.25, 0.3) is 0 Å². The fourth-order valence-corrected chi connectivity index (χ4v) is 1.61. The molecule has 0 radical (unpaired) electrons. The molecule has 1 saturated heterocycles. The van der Waals surface area contributed by atoms with Crippen molar-refractivity contribution in [2.45, 2.75) is 20.3 Å². The summed E-state index contributed by atoms with van der Waals surface area (Å²) in [4.78, 5) is 2.21. The smallest absolute Gasteiger partial charge is 0.0863 e. The molecule has 1 unspecified atom stereocenters. The van der Waals surface area contributed by atoms with Gasteiger partial charge in [-0.3, -0.25) is 0 Å². The second kappa shape index (κ2) is 7.94. The molecule has 14 heavy (non-hydrogen) atoms. The minimum absolute atomic E-state index is 0.249. The summed E-state index contributed by atoms with van der Waals surface area (Å²) in [5.41, 5.74) is 0.898. The van der Waals surface area contributed by atoms with Crippen molar-refractivity contribution in [3.8, 4) is 0 Å². The van der Waals surface area contributed by atoms with E-state index in [1.165, 1.54) is 0 Å². The van der Waals surface area contributed by atoms with Gasteiger partial charge in [-0.2, -0.15) is 0 Å². The quantitative estimate of drug-likeness (QED) is 0.683. The largest absolute Gasteiger partial charge is 0.384 e. The number of hydrogen-bond acceptors (Lipinski definition) is 2. The highest BCUT2D eigenvalue weighted by Gasteiger charge is 2.21. The average molecular weight is 203 g/mol. The Bertz CT molecular complexity index is 171. The van der Waals surface area contributed by atoms with E-state index in [-0.39, 0.29) is 5.92 Å². The van der Waals surface area contributed by atoms with Crippen molar-refractivity contribution in [2.24, 2.45) is 5.92 Å². The van der Waals surface area contributed by atoms with E-state index in [4.69, 9.17) is 4.74 Å². The number of hydrogen-bond donors (Lipinski definition) is 0. The standard InChI is InChI=1S/C9H16FNO.C2H6/c1-11-4-3-8(5-10)9(6-11)7-12-2;1-2/h5,9H,3-4,6-7H2,1-2H3;1-2H3/b8-5+;. The van der Waals surface area contributed by atoms with Crippen molar-refractivity contribution in [3.05, 3.63) is 11.9 Å². The van der Waals surface area contributed by atoms with Crippen LogP contribution in [0.25, 0.3) is 0 Å². The second-order valence-electron chi connectivity index (χ2n) is 3.35. The van der Waals surface area contributed by atoms with Gasteiger partial charge in [0.05, 0.1) is 12.9 Å². The monoisotopic (exact) mass is 203 g/mol. The summed E-state index contributed by atoms with van der Waals surface area (Å²) in [5, 5.41) is 0. The average Bonchev–Trinajstić information content (AvgIpc) is 2.22. The number of ether oxygens (including phenoxy) is 1. The van der Waals surface area contributed by atoms with Crippen molar-refractivity contribution >= 4 is 0 Å². The Morgan fingerprint density at radius 3 is 2.71 bits per heavy atom. The number of piperidine rings is 1. The van der Waals surface area contributed by atoms with Crippen LogP contribution in [0.5, 0.6) is 0 Å². The molecule has 1 aliphatic heterocycles. The van der Waals surface area contributed by atoms with Gasteiger partial charge in [0.15, 0.2) is 0 Å². The van der Waals surface area contributed by atoms with Crippen LogP contribution in [0.3, 0.4) is 0 Å². The molecule has 1 fully saturated rings. The van der Waals surface area contributed by atoms with Crippen LogP contribution >= 0.6 is 0 Å². The summed E-state index contributed by atoms with van der Waals surface area (Å²) in [6, 6.07) is 0. The van der Waals surface area contributed by atoms with Gasteiger partial charge in [-0.05, 0) is 19.0 Å². The van der Waals surface area contributed by atoms with Crippen LogP contribution in [0.15, 0.2) is 11.9 Å². The molecule has 3 heteroatoms. The summed E-state index contributed by atoms with van der Waals surface area (Å²) in [5.74, 6) is 0.249. The van der Waals surface area contributed by atoms with Gasteiger partial charge in [-0.1, -0.05) is 13.8 Å². The number of nitrogens with zero attached hydrogens (tertiary/aromatic N) is 1. The van der Waals surface area contributed by atoms with Crippen LogP contribution in [0, 0.1) is 5.92 Å². The van der Waals surface area contributed by atoms with E-state index in [9.17, 15) is 4.39 Å². The third kappa shape index (κ3) is 4.20. The summed E-state index contributed by atoms with van der Waals surface area (Å²) in [6.45, 7) is 6.49. The molecule has 0 aromatic carbocycles. The minimum Gasteiger partial charge on any atom is -0.384 e. The van der Waals surface area contributed by atoms with Crippen molar-refractivity contribution < 1.29 is 9.13 Å². The lowest BCUT2D eigenvalue weighted by atomic mass is 9.94. The number of rotatable bonds is 2. The number of halogens is 1. The highest BCUT2D eigenvalue weighted by atomic mass is 19.1. The zero-order valence-electron chi connectivity index (χ0n) is 9.72. The third-order valence-corrected chi connectivity index (χ3v) is 2.35. The molecule has 2 nitrogen and oxygen atoms in total. The molecule has 1 rings (SSSR count). The Morgan fingerprint density at radius 1 is 1.57 bits per heavy atom. The van der Waals surface area contributed by atoms with E-state index >= 15 is 0 Å². The van der Waals surface area contributed by atoms with Crippen molar-refractivity contribution in [1.82, 2.24) is 4.90 Å². The van der Waals surface area contributed by atoms with Gasteiger partial charge in [-0.25, -0.2) is 4.39 Å². The molecule has 1 aliphatic rings. The first-order valence-corrected chi connectivity index (χ1v) is 5.24. The van der Waals surface area contributed by atoms with E-state index in [0.717, 1.165) is 31.4 Å². The van der Waals surface area contributed by atoms with Crippen molar-refractivity contribution in [1.29, 1.82) is 0 Å². The third-order valence-electron chi connectivity index (χ3n) is 2.35. The number of likely N-dealkylation sites (tertiary alicyclic amines) is 1. The first kappa shape index (κ1) is 13.6. The highest BCUT2D eigenvalue weighted by Crippen LogP contribution is 2.22. The van der Waals surface area contributed by atoms with Crippen LogP contribution in [-0.4, -0.2) is 38.8 Å². The van der Waals surface area contributed by atoms with Crippen LogP contribution < -0.4 is 0 Å². The predicted octanol–water partition coefficient (Wildman–Crippen LogP) is 2.46. The SMILES string of the molecule is CC.COCC1CN(C)CC/C1=C\F. The molecule has 0 aromatic heterocycles. The molecule has 0 aliphatic carbocycles. The van der Waals surface area contributed by atoms with Gasteiger partial charge in [0.1, 0.15) is 0 Å². The van der Waals surface area contributed by atoms with Crippen LogP contribution in [0.2, 0.25) is 0 Å². The van der Waals surface area contributed by atoms with Gasteiger partial charge in [0.2, 0.25) is 0 Å². The molecule has 0 saturated carbocycles. The molecular weight excluding hydrogens is 181 g/mol. The molecule has 0 bridgehead atoms. The Balaban J connectivity index is 0.000000791. The van der Waals surface area contributed by atoms with Gasteiger partial charge in [0, 0.05) is 26.1 Å². The molecule has 0 amide bonds. The summed E-state index contributed by atoms with van der Waals surface area (Å²) < 4.78 is 17.4. The molecule has 84 valence electrons. The maximum Gasteiger partial charge on any atom is 0.0863 e. The first-order valence-electron chi connectivity index (χ1n) is 5.24. The molecule has 1 atom stereocenters. The van der Waals surface area contributed by atoms with Gasteiger partial charge < -0.3 is 9.64 Å². The lowest BCUT2D eigenvalue weighted by Gasteiger charge is -2.30. The van der Waals surface area contributed by atoms with E-state index in [1.807, 2.05) is 13.8 Å². The van der Waals surface area contributed by atoms with Crippen LogP contribution in [-0.2, 0) is 4.74 Å². The van der Waals surface area contributed by atoms with Crippen molar-refractivity contribution in [3.63, 3.8) is 0 Å². The summed E-state index contributed by atoms with van der Waals surface area (Å²) in [7, 11) is 3.71. The number of methoxy groups -OCH3 is 1. The van der Waals surface area contributed by atoms with Crippen LogP contribution in [0.4, 0.5) is 4.39 Å². The van der Waals surface area contributed by atoms with E-state index < -0.39 is 0 Å². The normalized spacial score (nSPS) is 25.8. The van der Waals surface area contributed by atoms with Crippen LogP contribution in [0.1, 0.15) is 20.3 Å². The zero-order valence-corrected chi connectivity index (χ0v) is 9.72. The lowest BCUT2D eigenvalue weighted by Crippen LogP contribution is -2.35. The topological polar surface area (TPSA) is 12.5 Å². The maximum atomic E-state index is 12.3. The molecule has 0 spiro atoms. The first-order chi connectivity index (χ1) is 6.77. The minimum atomic E-state index is 0.249. The highest BCUT2D eigenvalue weighted by molar-refractivity contribution is 5.07. The molecule has 1 heterocycles. The predicted molar refractivity (Wildman–Crippen MR) is 58.0 cm³/mol. The maximum absolute atomic E-state index is 12.3. The second-order valence-corrected chi connectivity index (χ2v) is 3.35. The Morgan fingerprint density at radius 2 is 2.21 bits per heavy atom. The fraction of sp³-hybridized carbons (Fsp3) is 0.818. The van der Waals surface area contributed by atoms with Gasteiger partial charge in [-0.15, -0.1) is 0 Å². The van der Waals surface area contributed by atoms with Gasteiger partial charge >= 0.3 is 0 Å². The van der Waals surface area contributed by atoms with E-state index in [2.05, 4.69) is 11.9 Å². The molecular formula is C11H22FNO. The summed E-state index contributed by atoms with van der Waals surface area (Å²) >= 11 is 0. The lowest BCUT2D eigenvalue weighted by molar-refractivity contribution is 0.129. The Kier molecular flexibility index (Phi) is 7.71. The molecule has 0 N–H and O–H groups in total. The zero-order chi connectivity index (χ0) is 11.0. The summed E-state index contributed by atoms with van der Waals surface area (Å²) in [6.07, 6.45) is 1.58. The Labute approximate surface area is 86.7 Å².